The van der Waals surface area contributed by atoms with Gasteiger partial charge < -0.3 is 20.3 Å². The van der Waals surface area contributed by atoms with Crippen LogP contribution in [0.25, 0.3) is 0 Å². The fraction of sp³-hybridized carbons (Fsp3) is 0.556. The van der Waals surface area contributed by atoms with E-state index < -0.39 is 0 Å². The van der Waals surface area contributed by atoms with Crippen LogP contribution in [0.1, 0.15) is 38.2 Å². The Hall–Kier alpha value is -2.24. The molecule has 1 heterocycles. The molecule has 0 saturated heterocycles. The van der Waals surface area contributed by atoms with Crippen molar-refractivity contribution in [3.8, 4) is 5.75 Å². The molecule has 2 N–H and O–H groups in total. The predicted octanol–water partition coefficient (Wildman–Crippen LogP) is 2.74. The van der Waals surface area contributed by atoms with Gasteiger partial charge in [-0.3, -0.25) is 4.79 Å². The molecule has 0 radical (unpaired) electrons. The van der Waals surface area contributed by atoms with E-state index in [9.17, 15) is 9.59 Å². The Morgan fingerprint density at radius 2 is 2.08 bits per heavy atom. The van der Waals surface area contributed by atoms with E-state index in [1.165, 1.54) is 0 Å². The third-order valence-corrected chi connectivity index (χ3v) is 4.65. The van der Waals surface area contributed by atoms with Gasteiger partial charge in [0.2, 0.25) is 5.91 Å². The number of hydrogen-bond donors (Lipinski definition) is 2. The minimum Gasteiger partial charge on any atom is -0.491 e. The summed E-state index contributed by atoms with van der Waals surface area (Å²) in [5.74, 6) is 1.20. The molecule has 1 aliphatic heterocycles. The van der Waals surface area contributed by atoms with Gasteiger partial charge in [-0.15, -0.1) is 0 Å². The number of urea groups is 1. The van der Waals surface area contributed by atoms with Crippen LogP contribution in [-0.2, 0) is 11.3 Å². The van der Waals surface area contributed by atoms with E-state index in [2.05, 4.69) is 10.6 Å². The van der Waals surface area contributed by atoms with Crippen molar-refractivity contribution in [2.45, 2.75) is 39.2 Å². The number of ether oxygens (including phenoxy) is 1. The molecule has 1 aliphatic carbocycles. The van der Waals surface area contributed by atoms with E-state index in [1.807, 2.05) is 30.0 Å². The molecule has 3 rings (SSSR count). The van der Waals surface area contributed by atoms with Crippen LogP contribution in [-0.4, -0.2) is 36.5 Å². The summed E-state index contributed by atoms with van der Waals surface area (Å²) in [7, 11) is 0. The van der Waals surface area contributed by atoms with Gasteiger partial charge in [0.15, 0.2) is 0 Å². The molecule has 0 bridgehead atoms. The number of benzene rings is 1. The summed E-state index contributed by atoms with van der Waals surface area (Å²) in [6.07, 6.45) is 4.31. The molecule has 0 aromatic heterocycles. The summed E-state index contributed by atoms with van der Waals surface area (Å²) < 4.78 is 5.78. The lowest BCUT2D eigenvalue weighted by atomic mass is 10.1. The minimum atomic E-state index is -0.231. The van der Waals surface area contributed by atoms with Crippen molar-refractivity contribution in [3.05, 3.63) is 23.8 Å². The molecule has 0 spiro atoms. The van der Waals surface area contributed by atoms with Crippen LogP contribution >= 0.6 is 0 Å². The van der Waals surface area contributed by atoms with Gasteiger partial charge in [0, 0.05) is 30.3 Å². The topological polar surface area (TPSA) is 70.7 Å². The lowest BCUT2D eigenvalue weighted by Gasteiger charge is -2.23. The molecule has 0 atom stereocenters. The van der Waals surface area contributed by atoms with E-state index in [0.717, 1.165) is 37.0 Å². The van der Waals surface area contributed by atoms with E-state index in [4.69, 9.17) is 4.74 Å². The van der Waals surface area contributed by atoms with Crippen LogP contribution in [0.2, 0.25) is 0 Å². The van der Waals surface area contributed by atoms with Crippen molar-refractivity contribution in [2.75, 3.05) is 25.0 Å². The minimum absolute atomic E-state index is 0.170. The van der Waals surface area contributed by atoms with Crippen molar-refractivity contribution < 1.29 is 14.3 Å². The van der Waals surface area contributed by atoms with Crippen LogP contribution in [0.3, 0.4) is 0 Å². The Bertz CT molecular complexity index is 612. The molecule has 130 valence electrons. The zero-order valence-corrected chi connectivity index (χ0v) is 14.1. The first-order valence-electron chi connectivity index (χ1n) is 8.76. The lowest BCUT2D eigenvalue weighted by molar-refractivity contribution is -0.136. The van der Waals surface area contributed by atoms with Crippen LogP contribution in [0.5, 0.6) is 5.75 Å². The molecular weight excluding hydrogens is 306 g/mol. The highest BCUT2D eigenvalue weighted by molar-refractivity contribution is 5.89. The SMILES string of the molecule is CCNC(=O)Nc1ccc2c(c1)CN(C(=O)C1CCCC1)CCO2. The number of nitrogens with one attached hydrogen (secondary N) is 2. The van der Waals surface area contributed by atoms with Crippen LogP contribution in [0.15, 0.2) is 18.2 Å². The highest BCUT2D eigenvalue weighted by Gasteiger charge is 2.29. The van der Waals surface area contributed by atoms with E-state index in [0.29, 0.717) is 31.9 Å². The molecule has 24 heavy (non-hydrogen) atoms. The molecule has 2 aliphatic rings. The van der Waals surface area contributed by atoms with Crippen molar-refractivity contribution in [1.29, 1.82) is 0 Å². The maximum Gasteiger partial charge on any atom is 0.319 e. The first-order valence-corrected chi connectivity index (χ1v) is 8.76. The largest absolute Gasteiger partial charge is 0.491 e. The number of nitrogens with zero attached hydrogens (tertiary/aromatic N) is 1. The molecule has 3 amide bonds. The highest BCUT2D eigenvalue weighted by atomic mass is 16.5. The number of hydrogen-bond acceptors (Lipinski definition) is 3. The van der Waals surface area contributed by atoms with E-state index >= 15 is 0 Å². The van der Waals surface area contributed by atoms with Gasteiger partial charge in [-0.05, 0) is 38.0 Å². The number of carbonyl (C=O) groups is 2. The lowest BCUT2D eigenvalue weighted by Crippen LogP contribution is -2.36. The second-order valence-corrected chi connectivity index (χ2v) is 6.40. The van der Waals surface area contributed by atoms with Gasteiger partial charge in [0.05, 0.1) is 6.54 Å². The number of amides is 3. The summed E-state index contributed by atoms with van der Waals surface area (Å²) in [5, 5.41) is 5.51. The predicted molar refractivity (Wildman–Crippen MR) is 92.0 cm³/mol. The number of rotatable bonds is 3. The maximum absolute atomic E-state index is 12.7. The average Bonchev–Trinajstić information content (AvgIpc) is 3.01. The van der Waals surface area contributed by atoms with Gasteiger partial charge >= 0.3 is 6.03 Å². The zero-order chi connectivity index (χ0) is 16.9. The Balaban J connectivity index is 1.73. The summed E-state index contributed by atoms with van der Waals surface area (Å²) in [6.45, 7) is 4.10. The third-order valence-electron chi connectivity index (χ3n) is 4.65. The molecule has 6 nitrogen and oxygen atoms in total. The van der Waals surface area contributed by atoms with E-state index in [1.54, 1.807) is 0 Å². The quantitative estimate of drug-likeness (QED) is 0.895. The maximum atomic E-state index is 12.7. The third kappa shape index (κ3) is 3.80. The van der Waals surface area contributed by atoms with Crippen molar-refractivity contribution in [1.82, 2.24) is 10.2 Å². The van der Waals surface area contributed by atoms with Crippen LogP contribution in [0, 0.1) is 5.92 Å². The summed E-state index contributed by atoms with van der Waals surface area (Å²) in [6, 6.07) is 5.35. The fourth-order valence-electron chi connectivity index (χ4n) is 3.43. The normalized spacial score (nSPS) is 17.6. The molecule has 6 heteroatoms. The zero-order valence-electron chi connectivity index (χ0n) is 14.1. The summed E-state index contributed by atoms with van der Waals surface area (Å²) in [5.41, 5.74) is 1.65. The molecule has 1 fully saturated rings. The van der Waals surface area contributed by atoms with Crippen LogP contribution in [0.4, 0.5) is 10.5 Å². The molecule has 0 unspecified atom stereocenters. The number of anilines is 1. The smallest absolute Gasteiger partial charge is 0.319 e. The second-order valence-electron chi connectivity index (χ2n) is 6.40. The van der Waals surface area contributed by atoms with Crippen LogP contribution < -0.4 is 15.4 Å². The first-order chi connectivity index (χ1) is 11.7. The van der Waals surface area contributed by atoms with Gasteiger partial charge in [0.25, 0.3) is 0 Å². The Morgan fingerprint density at radius 3 is 2.83 bits per heavy atom. The second kappa shape index (κ2) is 7.55. The standard InChI is InChI=1S/C18H25N3O3/c1-2-19-18(23)20-15-7-8-16-14(11-15)12-21(9-10-24-16)17(22)13-5-3-4-6-13/h7-8,11,13H,2-6,9-10,12H2,1H3,(H2,19,20,23). The summed E-state index contributed by atoms with van der Waals surface area (Å²) in [4.78, 5) is 26.3. The van der Waals surface area contributed by atoms with Crippen molar-refractivity contribution in [3.63, 3.8) is 0 Å². The number of fused-ring (bicyclic) bond motifs is 1. The molecular formula is C18H25N3O3. The molecule has 1 aromatic rings. The van der Waals surface area contributed by atoms with Gasteiger partial charge in [-0.2, -0.15) is 0 Å². The first kappa shape index (κ1) is 16.6. The van der Waals surface area contributed by atoms with Crippen molar-refractivity contribution >= 4 is 17.6 Å². The Morgan fingerprint density at radius 1 is 1.29 bits per heavy atom. The van der Waals surface area contributed by atoms with Gasteiger partial charge in [-0.25, -0.2) is 4.79 Å². The van der Waals surface area contributed by atoms with Gasteiger partial charge in [0.1, 0.15) is 12.4 Å². The average molecular weight is 331 g/mol. The molecule has 1 aromatic carbocycles. The number of carbonyl (C=O) groups excluding carboxylic acids is 2. The highest BCUT2D eigenvalue weighted by Crippen LogP contribution is 2.30. The monoisotopic (exact) mass is 331 g/mol. The summed E-state index contributed by atoms with van der Waals surface area (Å²) >= 11 is 0. The van der Waals surface area contributed by atoms with E-state index in [-0.39, 0.29) is 17.9 Å². The Labute approximate surface area is 142 Å². The fourth-order valence-corrected chi connectivity index (χ4v) is 3.43. The molecule has 1 saturated carbocycles. The van der Waals surface area contributed by atoms with Crippen molar-refractivity contribution in [2.24, 2.45) is 5.92 Å². The Kier molecular flexibility index (Phi) is 5.23. The van der Waals surface area contributed by atoms with Gasteiger partial charge in [-0.1, -0.05) is 12.8 Å².